The van der Waals surface area contributed by atoms with Gasteiger partial charge in [0, 0.05) is 5.41 Å². The Balaban J connectivity index is 2.50. The average molecular weight is 287 g/mol. The number of hydrogen-bond donors (Lipinski definition) is 0. The first-order valence-corrected chi connectivity index (χ1v) is 6.48. The third-order valence-electron chi connectivity index (χ3n) is 3.05. The van der Waals surface area contributed by atoms with Gasteiger partial charge in [-0.15, -0.1) is 5.10 Å². The number of methoxy groups -OCH3 is 1. The van der Waals surface area contributed by atoms with E-state index in [1.54, 1.807) is 28.9 Å². The van der Waals surface area contributed by atoms with Crippen LogP contribution in [0.15, 0.2) is 24.3 Å². The fraction of sp³-hybridized carbons (Fsp3) is 0.333. The van der Waals surface area contributed by atoms with Crippen molar-refractivity contribution in [1.82, 2.24) is 15.0 Å². The molecule has 0 amide bonds. The normalized spacial score (nSPS) is 11.2. The number of carbonyl (C=O) groups is 2. The fourth-order valence-electron chi connectivity index (χ4n) is 2.11. The van der Waals surface area contributed by atoms with Crippen LogP contribution < -0.4 is 0 Å². The predicted octanol–water partition coefficient (Wildman–Crippen LogP) is 2.16. The third-order valence-corrected chi connectivity index (χ3v) is 3.05. The summed E-state index contributed by atoms with van der Waals surface area (Å²) in [5.74, 6) is -0.398. The van der Waals surface area contributed by atoms with E-state index in [1.165, 1.54) is 7.11 Å². The minimum atomic E-state index is -0.398. The summed E-state index contributed by atoms with van der Waals surface area (Å²) in [5.41, 5.74) is 1.94. The molecule has 0 aliphatic heterocycles. The highest BCUT2D eigenvalue weighted by molar-refractivity contribution is 5.89. The highest BCUT2D eigenvalue weighted by atomic mass is 16.5. The van der Waals surface area contributed by atoms with Crippen LogP contribution in [0.4, 0.5) is 0 Å². The summed E-state index contributed by atoms with van der Waals surface area (Å²) < 4.78 is 6.28. The van der Waals surface area contributed by atoms with Crippen molar-refractivity contribution in [3.8, 4) is 5.69 Å². The molecule has 1 aromatic heterocycles. The van der Waals surface area contributed by atoms with Crippen molar-refractivity contribution in [3.05, 3.63) is 41.2 Å². The van der Waals surface area contributed by atoms with Crippen molar-refractivity contribution in [1.29, 1.82) is 0 Å². The Kier molecular flexibility index (Phi) is 3.88. The van der Waals surface area contributed by atoms with Crippen molar-refractivity contribution in [2.24, 2.45) is 0 Å². The van der Waals surface area contributed by atoms with Crippen molar-refractivity contribution in [2.45, 2.75) is 26.2 Å². The number of nitrogens with zero attached hydrogens (tertiary/aromatic N) is 3. The van der Waals surface area contributed by atoms with Gasteiger partial charge < -0.3 is 4.74 Å². The van der Waals surface area contributed by atoms with Crippen LogP contribution in [0, 0.1) is 0 Å². The van der Waals surface area contributed by atoms with E-state index in [-0.39, 0.29) is 5.41 Å². The molecule has 110 valence electrons. The zero-order valence-corrected chi connectivity index (χ0v) is 12.5. The van der Waals surface area contributed by atoms with E-state index in [1.807, 2.05) is 20.8 Å². The summed E-state index contributed by atoms with van der Waals surface area (Å²) in [5, 5.41) is 7.94. The number of carbonyl (C=O) groups excluding carboxylic acids is 2. The van der Waals surface area contributed by atoms with Crippen molar-refractivity contribution in [2.75, 3.05) is 7.11 Å². The number of aromatic nitrogens is 3. The van der Waals surface area contributed by atoms with E-state index in [0.717, 1.165) is 11.4 Å². The summed E-state index contributed by atoms with van der Waals surface area (Å²) in [6.07, 6.45) is 0.701. The lowest BCUT2D eigenvalue weighted by atomic mass is 9.90. The van der Waals surface area contributed by atoms with Crippen LogP contribution in [-0.2, 0) is 10.2 Å². The maximum Gasteiger partial charge on any atom is 0.337 e. The maximum atomic E-state index is 11.4. The molecule has 0 saturated carbocycles. The minimum absolute atomic E-state index is 0.291. The highest BCUT2D eigenvalue weighted by Crippen LogP contribution is 2.26. The van der Waals surface area contributed by atoms with E-state index >= 15 is 0 Å². The Labute approximate surface area is 122 Å². The Morgan fingerprint density at radius 3 is 2.33 bits per heavy atom. The molecule has 0 radical (unpaired) electrons. The quantitative estimate of drug-likeness (QED) is 0.639. The molecule has 0 atom stereocenters. The topological polar surface area (TPSA) is 74.1 Å². The lowest BCUT2D eigenvalue weighted by Gasteiger charge is -2.20. The second kappa shape index (κ2) is 5.47. The number of ether oxygens (including phenoxy) is 1. The second-order valence-corrected chi connectivity index (χ2v) is 5.64. The predicted molar refractivity (Wildman–Crippen MR) is 76.8 cm³/mol. The summed E-state index contributed by atoms with van der Waals surface area (Å²) in [6.45, 7) is 5.95. The number of hydrogen-bond acceptors (Lipinski definition) is 5. The Hall–Kier alpha value is -2.50. The largest absolute Gasteiger partial charge is 0.465 e. The Bertz CT molecular complexity index is 666. The summed E-state index contributed by atoms with van der Waals surface area (Å²) in [6, 6.07) is 6.78. The van der Waals surface area contributed by atoms with Crippen molar-refractivity contribution >= 4 is 12.3 Å². The van der Waals surface area contributed by atoms with Crippen molar-refractivity contribution in [3.63, 3.8) is 0 Å². The number of rotatable bonds is 3. The molecule has 0 bridgehead atoms. The molecule has 2 aromatic rings. The summed E-state index contributed by atoms with van der Waals surface area (Å²) in [4.78, 5) is 22.6. The standard InChI is InChI=1S/C15H17N3O3/c1-15(2,3)13-12(9-19)16-17-18(13)11-7-5-10(6-8-11)14(20)21-4/h5-9H,1-4H3. The van der Waals surface area contributed by atoms with E-state index in [2.05, 4.69) is 15.0 Å². The molecular weight excluding hydrogens is 270 g/mol. The molecule has 0 unspecified atom stereocenters. The van der Waals surface area contributed by atoms with Gasteiger partial charge in [-0.2, -0.15) is 0 Å². The van der Waals surface area contributed by atoms with Gasteiger partial charge in [-0.25, -0.2) is 9.48 Å². The van der Waals surface area contributed by atoms with Crippen LogP contribution in [-0.4, -0.2) is 34.4 Å². The first-order valence-electron chi connectivity index (χ1n) is 6.48. The lowest BCUT2D eigenvalue weighted by molar-refractivity contribution is 0.0600. The molecule has 21 heavy (non-hydrogen) atoms. The SMILES string of the molecule is COC(=O)c1ccc(-n2nnc(C=O)c2C(C)(C)C)cc1. The molecule has 1 aromatic carbocycles. The van der Waals surface area contributed by atoms with Crippen LogP contribution in [0.5, 0.6) is 0 Å². The van der Waals surface area contributed by atoms with Gasteiger partial charge in [0.05, 0.1) is 24.1 Å². The van der Waals surface area contributed by atoms with Gasteiger partial charge in [-0.3, -0.25) is 4.79 Å². The van der Waals surface area contributed by atoms with E-state index < -0.39 is 5.97 Å². The third kappa shape index (κ3) is 2.84. The van der Waals surface area contributed by atoms with Gasteiger partial charge >= 0.3 is 5.97 Å². The molecule has 6 heteroatoms. The second-order valence-electron chi connectivity index (χ2n) is 5.64. The maximum absolute atomic E-state index is 11.4. The molecule has 0 aliphatic rings. The molecule has 0 fully saturated rings. The average Bonchev–Trinajstić information content (AvgIpc) is 2.90. The van der Waals surface area contributed by atoms with Crippen LogP contribution in [0.3, 0.4) is 0 Å². The monoisotopic (exact) mass is 287 g/mol. The Morgan fingerprint density at radius 1 is 1.24 bits per heavy atom. The Morgan fingerprint density at radius 2 is 1.86 bits per heavy atom. The first-order chi connectivity index (χ1) is 9.88. The molecule has 6 nitrogen and oxygen atoms in total. The van der Waals surface area contributed by atoms with E-state index in [4.69, 9.17) is 0 Å². The molecule has 0 aliphatic carbocycles. The fourth-order valence-corrected chi connectivity index (χ4v) is 2.11. The number of benzene rings is 1. The highest BCUT2D eigenvalue weighted by Gasteiger charge is 2.25. The molecule has 0 spiro atoms. The zero-order valence-electron chi connectivity index (χ0n) is 12.5. The van der Waals surface area contributed by atoms with E-state index in [9.17, 15) is 9.59 Å². The van der Waals surface area contributed by atoms with Gasteiger partial charge in [0.25, 0.3) is 0 Å². The number of esters is 1. The number of aldehydes is 1. The lowest BCUT2D eigenvalue weighted by Crippen LogP contribution is -2.19. The summed E-state index contributed by atoms with van der Waals surface area (Å²) >= 11 is 0. The molecule has 1 heterocycles. The van der Waals surface area contributed by atoms with Crippen LogP contribution in [0.1, 0.15) is 47.3 Å². The first kappa shape index (κ1) is 14.9. The molecular formula is C15H17N3O3. The van der Waals surface area contributed by atoms with Gasteiger partial charge in [0.15, 0.2) is 6.29 Å². The van der Waals surface area contributed by atoms with Gasteiger partial charge in [0.2, 0.25) is 0 Å². The van der Waals surface area contributed by atoms with Gasteiger partial charge in [0.1, 0.15) is 5.69 Å². The van der Waals surface area contributed by atoms with Gasteiger partial charge in [-0.05, 0) is 24.3 Å². The van der Waals surface area contributed by atoms with Crippen molar-refractivity contribution < 1.29 is 14.3 Å². The zero-order chi connectivity index (χ0) is 15.6. The molecule has 2 rings (SSSR count). The molecule has 0 N–H and O–H groups in total. The minimum Gasteiger partial charge on any atom is -0.465 e. The smallest absolute Gasteiger partial charge is 0.337 e. The van der Waals surface area contributed by atoms with E-state index in [0.29, 0.717) is 17.5 Å². The molecule has 0 saturated heterocycles. The van der Waals surface area contributed by atoms with Crippen LogP contribution >= 0.6 is 0 Å². The van der Waals surface area contributed by atoms with Crippen LogP contribution in [0.25, 0.3) is 5.69 Å². The van der Waals surface area contributed by atoms with Crippen LogP contribution in [0.2, 0.25) is 0 Å². The summed E-state index contributed by atoms with van der Waals surface area (Å²) in [7, 11) is 1.34. The van der Waals surface area contributed by atoms with Gasteiger partial charge in [-0.1, -0.05) is 26.0 Å².